The third-order valence-electron chi connectivity index (χ3n) is 6.17. The Morgan fingerprint density at radius 2 is 1.94 bits per heavy atom. The van der Waals surface area contributed by atoms with Gasteiger partial charge in [0.2, 0.25) is 11.6 Å². The van der Waals surface area contributed by atoms with Gasteiger partial charge in [-0.05, 0) is 42.5 Å². The fourth-order valence-electron chi connectivity index (χ4n) is 4.31. The zero-order valence-electron chi connectivity index (χ0n) is 17.7. The molecule has 1 saturated heterocycles. The highest BCUT2D eigenvalue weighted by Crippen LogP contribution is 2.35. The highest BCUT2D eigenvalue weighted by molar-refractivity contribution is 5.79. The molecule has 1 saturated carbocycles. The van der Waals surface area contributed by atoms with Crippen molar-refractivity contribution in [3.63, 3.8) is 0 Å². The maximum atomic E-state index is 10.7. The zero-order valence-corrected chi connectivity index (χ0v) is 17.7. The van der Waals surface area contributed by atoms with Crippen LogP contribution >= 0.6 is 0 Å². The van der Waals surface area contributed by atoms with Gasteiger partial charge < -0.3 is 15.3 Å². The van der Waals surface area contributed by atoms with Gasteiger partial charge in [-0.3, -0.25) is 0 Å². The van der Waals surface area contributed by atoms with Crippen LogP contribution in [-0.2, 0) is 7.05 Å². The van der Waals surface area contributed by atoms with Crippen molar-refractivity contribution in [2.45, 2.75) is 18.9 Å². The van der Waals surface area contributed by atoms with E-state index in [0.717, 1.165) is 36.7 Å². The molecular formula is C22H23N9O. The number of hydrogen-bond acceptors (Lipinski definition) is 9. The smallest absolute Gasteiger partial charge is 0.245 e. The summed E-state index contributed by atoms with van der Waals surface area (Å²) in [5, 5.41) is 31.5. The van der Waals surface area contributed by atoms with E-state index < -0.39 is 0 Å². The van der Waals surface area contributed by atoms with Gasteiger partial charge in [-0.2, -0.15) is 9.90 Å². The molecule has 0 bridgehead atoms. The second-order valence-electron chi connectivity index (χ2n) is 8.48. The fraction of sp³-hybridized carbons (Fsp3) is 0.364. The Balaban J connectivity index is 1.23. The van der Waals surface area contributed by atoms with E-state index in [1.165, 1.54) is 17.6 Å². The average Bonchev–Trinajstić information content (AvgIpc) is 3.60. The number of phenols is 1. The predicted molar refractivity (Wildman–Crippen MR) is 119 cm³/mol. The van der Waals surface area contributed by atoms with Crippen molar-refractivity contribution in [1.82, 2.24) is 40.5 Å². The lowest BCUT2D eigenvalue weighted by atomic mass is 10.0. The molecule has 1 aromatic carbocycles. The van der Waals surface area contributed by atoms with E-state index >= 15 is 0 Å². The molecule has 1 unspecified atom stereocenters. The number of aromatic hydroxyl groups is 1. The number of benzene rings is 1. The number of aromatic nitrogens is 7. The minimum absolute atomic E-state index is 0.113. The normalized spacial score (nSPS) is 18.9. The number of aryl methyl sites for hydroxylation is 1. The summed E-state index contributed by atoms with van der Waals surface area (Å²) in [5.41, 5.74) is 4.10. The first-order valence-corrected chi connectivity index (χ1v) is 10.8. The van der Waals surface area contributed by atoms with Gasteiger partial charge in [0.1, 0.15) is 17.0 Å². The van der Waals surface area contributed by atoms with Crippen LogP contribution in [-0.4, -0.2) is 65.9 Å². The van der Waals surface area contributed by atoms with Gasteiger partial charge in [0.25, 0.3) is 0 Å². The average molecular weight is 429 g/mol. The maximum Gasteiger partial charge on any atom is 0.245 e. The second-order valence-corrected chi connectivity index (χ2v) is 8.48. The molecule has 0 spiro atoms. The van der Waals surface area contributed by atoms with E-state index in [0.29, 0.717) is 34.4 Å². The van der Waals surface area contributed by atoms with Gasteiger partial charge in [-0.1, -0.05) is 6.07 Å². The molecule has 2 aliphatic rings. The standard InChI is InChI=1S/C22H23N9O/c1-30-28-17-8-15(10-24-21(17)29-30)14-4-5-16(20(32)9-14)18-11-25-22(27-26-18)31-7-6-23-19(12-31)13-2-3-13/h4-5,8-11,13,19,23,32H,2-3,6-7,12H2,1H3. The summed E-state index contributed by atoms with van der Waals surface area (Å²) in [7, 11) is 1.76. The summed E-state index contributed by atoms with van der Waals surface area (Å²) in [5.74, 6) is 1.53. The summed E-state index contributed by atoms with van der Waals surface area (Å²) >= 11 is 0. The first-order chi connectivity index (χ1) is 15.6. The quantitative estimate of drug-likeness (QED) is 0.500. The monoisotopic (exact) mass is 429 g/mol. The van der Waals surface area contributed by atoms with Crippen LogP contribution in [0.5, 0.6) is 5.75 Å². The Kier molecular flexibility index (Phi) is 4.46. The molecule has 6 rings (SSSR count). The number of piperazine rings is 1. The van der Waals surface area contributed by atoms with E-state index in [4.69, 9.17) is 0 Å². The van der Waals surface area contributed by atoms with Crippen LogP contribution in [0, 0.1) is 5.92 Å². The number of anilines is 1. The van der Waals surface area contributed by atoms with E-state index in [9.17, 15) is 5.11 Å². The lowest BCUT2D eigenvalue weighted by molar-refractivity contribution is 0.414. The molecule has 1 aliphatic carbocycles. The first kappa shape index (κ1) is 19.1. The largest absolute Gasteiger partial charge is 0.507 e. The van der Waals surface area contributed by atoms with Gasteiger partial charge in [0, 0.05) is 50.0 Å². The molecule has 3 aromatic heterocycles. The van der Waals surface area contributed by atoms with Crippen LogP contribution < -0.4 is 10.2 Å². The van der Waals surface area contributed by atoms with Crippen molar-refractivity contribution >= 4 is 17.1 Å². The van der Waals surface area contributed by atoms with Crippen molar-refractivity contribution in [3.05, 3.63) is 36.7 Å². The number of hydrogen-bond donors (Lipinski definition) is 2. The topological polar surface area (TPSA) is 118 Å². The van der Waals surface area contributed by atoms with Gasteiger partial charge in [-0.25, -0.2) is 9.97 Å². The lowest BCUT2D eigenvalue weighted by Crippen LogP contribution is -2.52. The van der Waals surface area contributed by atoms with E-state index in [1.54, 1.807) is 25.5 Å². The molecule has 0 amide bonds. The fourth-order valence-corrected chi connectivity index (χ4v) is 4.31. The summed E-state index contributed by atoms with van der Waals surface area (Å²) in [4.78, 5) is 12.6. The van der Waals surface area contributed by atoms with Gasteiger partial charge in [-0.15, -0.1) is 15.3 Å². The molecule has 10 heteroatoms. The molecule has 2 fully saturated rings. The lowest BCUT2D eigenvalue weighted by Gasteiger charge is -2.33. The Hall–Kier alpha value is -3.66. The highest BCUT2D eigenvalue weighted by atomic mass is 16.3. The molecule has 0 radical (unpaired) electrons. The summed E-state index contributed by atoms with van der Waals surface area (Å²) in [6.45, 7) is 2.72. The van der Waals surface area contributed by atoms with Crippen LogP contribution in [0.15, 0.2) is 36.7 Å². The molecule has 1 aliphatic heterocycles. The van der Waals surface area contributed by atoms with Crippen molar-refractivity contribution in [1.29, 1.82) is 0 Å². The van der Waals surface area contributed by atoms with Gasteiger partial charge in [0.05, 0.1) is 6.20 Å². The number of nitrogens with zero attached hydrogens (tertiary/aromatic N) is 8. The van der Waals surface area contributed by atoms with Gasteiger partial charge in [0.15, 0.2) is 0 Å². The Morgan fingerprint density at radius 1 is 1.03 bits per heavy atom. The molecule has 10 nitrogen and oxygen atoms in total. The van der Waals surface area contributed by atoms with Crippen molar-refractivity contribution in [3.8, 4) is 28.1 Å². The first-order valence-electron chi connectivity index (χ1n) is 10.8. The SMILES string of the molecule is Cn1nc2cc(-c3ccc(-c4cnc(N5CCNC(C6CC6)C5)nn4)c(O)c3)cnc2n1. The maximum absolute atomic E-state index is 10.7. The third kappa shape index (κ3) is 3.52. The van der Waals surface area contributed by atoms with Crippen LogP contribution in [0.25, 0.3) is 33.5 Å². The molecule has 4 heterocycles. The molecule has 2 N–H and O–H groups in total. The van der Waals surface area contributed by atoms with Crippen LogP contribution in [0.4, 0.5) is 5.95 Å². The minimum Gasteiger partial charge on any atom is -0.507 e. The van der Waals surface area contributed by atoms with Crippen LogP contribution in [0.2, 0.25) is 0 Å². The summed E-state index contributed by atoms with van der Waals surface area (Å²) in [6.07, 6.45) is 6.02. The molecule has 162 valence electrons. The van der Waals surface area contributed by atoms with Crippen molar-refractivity contribution < 1.29 is 5.11 Å². The number of nitrogens with one attached hydrogen (secondary N) is 1. The van der Waals surface area contributed by atoms with E-state index in [1.807, 2.05) is 18.2 Å². The molecule has 4 aromatic rings. The number of pyridine rings is 1. The Morgan fingerprint density at radius 3 is 2.72 bits per heavy atom. The molecule has 1 atom stereocenters. The number of rotatable bonds is 4. The Bertz CT molecular complexity index is 1280. The summed E-state index contributed by atoms with van der Waals surface area (Å²) in [6, 6.07) is 7.85. The van der Waals surface area contributed by atoms with Gasteiger partial charge >= 0.3 is 0 Å². The Labute approximate surface area is 184 Å². The molecular weight excluding hydrogens is 406 g/mol. The third-order valence-corrected chi connectivity index (χ3v) is 6.17. The second kappa shape index (κ2) is 7.49. The van der Waals surface area contributed by atoms with Crippen LogP contribution in [0.1, 0.15) is 12.8 Å². The van der Waals surface area contributed by atoms with E-state index in [2.05, 4.69) is 40.6 Å². The summed E-state index contributed by atoms with van der Waals surface area (Å²) < 4.78 is 0. The number of phenolic OH excluding ortho intramolecular Hbond substituents is 1. The zero-order chi connectivity index (χ0) is 21.7. The van der Waals surface area contributed by atoms with Crippen molar-refractivity contribution in [2.24, 2.45) is 13.0 Å². The predicted octanol–water partition coefficient (Wildman–Crippen LogP) is 1.78. The van der Waals surface area contributed by atoms with Crippen molar-refractivity contribution in [2.75, 3.05) is 24.5 Å². The number of fused-ring (bicyclic) bond motifs is 1. The van der Waals surface area contributed by atoms with Crippen LogP contribution in [0.3, 0.4) is 0 Å². The van der Waals surface area contributed by atoms with E-state index in [-0.39, 0.29) is 5.75 Å². The minimum atomic E-state index is 0.113. The molecule has 32 heavy (non-hydrogen) atoms. The highest BCUT2D eigenvalue weighted by Gasteiger charge is 2.34.